The average molecular weight is 247 g/mol. The number of anilines is 1. The maximum atomic E-state index is 11.9. The molecule has 98 valence electrons. The molecule has 1 aromatic rings. The predicted molar refractivity (Wildman–Crippen MR) is 73.1 cm³/mol. The number of hydrogen-bond acceptors (Lipinski definition) is 3. The summed E-state index contributed by atoms with van der Waals surface area (Å²) in [6, 6.07) is 8.13. The number of nitrogens with one attached hydrogen (secondary N) is 1. The average Bonchev–Trinajstić information content (AvgIpc) is 2.39. The molecule has 0 saturated heterocycles. The van der Waals surface area contributed by atoms with E-state index >= 15 is 0 Å². The van der Waals surface area contributed by atoms with Crippen molar-refractivity contribution in [1.82, 2.24) is 5.43 Å². The summed E-state index contributed by atoms with van der Waals surface area (Å²) in [5.41, 5.74) is 4.77. The highest BCUT2D eigenvalue weighted by molar-refractivity contribution is 5.85. The molecule has 18 heavy (non-hydrogen) atoms. The summed E-state index contributed by atoms with van der Waals surface area (Å²) >= 11 is 0. The molecule has 0 saturated carbocycles. The molecule has 1 heterocycles. The fourth-order valence-corrected chi connectivity index (χ4v) is 2.78. The van der Waals surface area contributed by atoms with E-state index in [1.165, 1.54) is 11.3 Å². The third kappa shape index (κ3) is 2.34. The van der Waals surface area contributed by atoms with Crippen LogP contribution in [0.25, 0.3) is 0 Å². The lowest BCUT2D eigenvalue weighted by molar-refractivity contribution is -0.122. The van der Waals surface area contributed by atoms with Gasteiger partial charge in [0.15, 0.2) is 0 Å². The van der Waals surface area contributed by atoms with E-state index in [1.54, 1.807) is 0 Å². The third-order valence-corrected chi connectivity index (χ3v) is 3.59. The van der Waals surface area contributed by atoms with E-state index < -0.39 is 0 Å². The van der Waals surface area contributed by atoms with Gasteiger partial charge in [-0.25, -0.2) is 5.84 Å². The van der Waals surface area contributed by atoms with Gasteiger partial charge < -0.3 is 4.90 Å². The smallest absolute Gasteiger partial charge is 0.256 e. The maximum Gasteiger partial charge on any atom is 0.256 e. The highest BCUT2D eigenvalue weighted by atomic mass is 16.2. The number of carbonyl (C=O) groups excluding carboxylic acids is 1. The van der Waals surface area contributed by atoms with Crippen molar-refractivity contribution in [2.24, 2.45) is 11.8 Å². The zero-order valence-electron chi connectivity index (χ0n) is 11.0. The van der Waals surface area contributed by atoms with Crippen LogP contribution in [0.15, 0.2) is 24.3 Å². The van der Waals surface area contributed by atoms with Crippen LogP contribution in [0.2, 0.25) is 0 Å². The second-order valence-corrected chi connectivity index (χ2v) is 5.02. The second kappa shape index (κ2) is 5.40. The van der Waals surface area contributed by atoms with Crippen molar-refractivity contribution < 1.29 is 4.79 Å². The van der Waals surface area contributed by atoms with Crippen molar-refractivity contribution in [3.63, 3.8) is 0 Å². The monoisotopic (exact) mass is 247 g/mol. The first-order chi connectivity index (χ1) is 8.67. The van der Waals surface area contributed by atoms with Gasteiger partial charge in [0.1, 0.15) is 6.04 Å². The van der Waals surface area contributed by atoms with Crippen LogP contribution in [0.1, 0.15) is 25.8 Å². The Balaban J connectivity index is 2.35. The first kappa shape index (κ1) is 12.9. The van der Waals surface area contributed by atoms with Crippen LogP contribution >= 0.6 is 0 Å². The number of carbonyl (C=O) groups is 1. The molecule has 1 aliphatic rings. The number of fused-ring (bicyclic) bond motifs is 1. The number of para-hydroxylation sites is 1. The Labute approximate surface area is 108 Å². The molecule has 0 spiro atoms. The quantitative estimate of drug-likeness (QED) is 0.483. The van der Waals surface area contributed by atoms with Gasteiger partial charge in [0, 0.05) is 12.2 Å². The van der Waals surface area contributed by atoms with Crippen molar-refractivity contribution in [2.45, 2.75) is 32.7 Å². The van der Waals surface area contributed by atoms with E-state index in [-0.39, 0.29) is 11.9 Å². The molecule has 2 atom stereocenters. The highest BCUT2D eigenvalue weighted by Crippen LogP contribution is 2.31. The lowest BCUT2D eigenvalue weighted by Crippen LogP contribution is -2.51. The Morgan fingerprint density at radius 1 is 1.56 bits per heavy atom. The van der Waals surface area contributed by atoms with Crippen molar-refractivity contribution in [3.8, 4) is 0 Å². The Morgan fingerprint density at radius 3 is 2.94 bits per heavy atom. The Hall–Kier alpha value is -1.55. The van der Waals surface area contributed by atoms with Crippen LogP contribution in [-0.2, 0) is 11.2 Å². The van der Waals surface area contributed by atoms with E-state index in [0.29, 0.717) is 5.92 Å². The van der Waals surface area contributed by atoms with Gasteiger partial charge >= 0.3 is 0 Å². The van der Waals surface area contributed by atoms with Gasteiger partial charge in [-0.3, -0.25) is 10.2 Å². The first-order valence-corrected chi connectivity index (χ1v) is 6.52. The zero-order chi connectivity index (χ0) is 13.1. The van der Waals surface area contributed by atoms with Gasteiger partial charge in [-0.15, -0.1) is 0 Å². The molecule has 1 aliphatic heterocycles. The molecule has 0 fully saturated rings. The summed E-state index contributed by atoms with van der Waals surface area (Å²) in [6.07, 6.45) is 1.83. The largest absolute Gasteiger partial charge is 0.359 e. The SMILES string of the molecule is CCC(C(=O)NN)N1CC(C)Cc2ccccc21. The Morgan fingerprint density at radius 2 is 2.28 bits per heavy atom. The summed E-state index contributed by atoms with van der Waals surface area (Å²) in [5.74, 6) is 5.73. The van der Waals surface area contributed by atoms with E-state index in [2.05, 4.69) is 35.4 Å². The minimum absolute atomic E-state index is 0.110. The van der Waals surface area contributed by atoms with Gasteiger partial charge in [0.25, 0.3) is 5.91 Å². The summed E-state index contributed by atoms with van der Waals surface area (Å²) in [7, 11) is 0. The molecule has 2 unspecified atom stereocenters. The summed E-state index contributed by atoms with van der Waals surface area (Å²) < 4.78 is 0. The number of amides is 1. The number of nitrogens with two attached hydrogens (primary N) is 1. The van der Waals surface area contributed by atoms with Crippen LogP contribution < -0.4 is 16.2 Å². The fourth-order valence-electron chi connectivity index (χ4n) is 2.78. The molecule has 0 bridgehead atoms. The Kier molecular flexibility index (Phi) is 3.87. The standard InChI is InChI=1S/C14H21N3O/c1-3-12(14(18)16-15)17-9-10(2)8-11-6-4-5-7-13(11)17/h4-7,10,12H,3,8-9,15H2,1-2H3,(H,16,18). The van der Waals surface area contributed by atoms with Crippen LogP contribution in [0.3, 0.4) is 0 Å². The minimum atomic E-state index is -0.182. The number of nitrogens with zero attached hydrogens (tertiary/aromatic N) is 1. The highest BCUT2D eigenvalue weighted by Gasteiger charge is 2.30. The summed E-state index contributed by atoms with van der Waals surface area (Å²) in [4.78, 5) is 14.1. The summed E-state index contributed by atoms with van der Waals surface area (Å²) in [6.45, 7) is 5.14. The molecule has 3 N–H and O–H groups in total. The Bertz CT molecular complexity index is 433. The van der Waals surface area contributed by atoms with Crippen molar-refractivity contribution in [3.05, 3.63) is 29.8 Å². The molecule has 0 aromatic heterocycles. The molecule has 1 aromatic carbocycles. The van der Waals surface area contributed by atoms with Crippen molar-refractivity contribution >= 4 is 11.6 Å². The van der Waals surface area contributed by atoms with E-state index in [9.17, 15) is 4.79 Å². The topological polar surface area (TPSA) is 58.4 Å². The molecular weight excluding hydrogens is 226 g/mol. The molecular formula is C14H21N3O. The predicted octanol–water partition coefficient (Wildman–Crippen LogP) is 1.45. The maximum absolute atomic E-state index is 11.9. The van der Waals surface area contributed by atoms with Crippen LogP contribution in [0.5, 0.6) is 0 Å². The second-order valence-electron chi connectivity index (χ2n) is 5.02. The van der Waals surface area contributed by atoms with Gasteiger partial charge in [0.05, 0.1) is 0 Å². The normalized spacial score (nSPS) is 20.2. The third-order valence-electron chi connectivity index (χ3n) is 3.59. The van der Waals surface area contributed by atoms with Gasteiger partial charge in [-0.05, 0) is 30.4 Å². The molecule has 4 heteroatoms. The van der Waals surface area contributed by atoms with Gasteiger partial charge in [0.2, 0.25) is 0 Å². The first-order valence-electron chi connectivity index (χ1n) is 6.52. The van der Waals surface area contributed by atoms with Crippen LogP contribution in [-0.4, -0.2) is 18.5 Å². The molecule has 0 aliphatic carbocycles. The van der Waals surface area contributed by atoms with Crippen LogP contribution in [0.4, 0.5) is 5.69 Å². The number of benzene rings is 1. The molecule has 4 nitrogen and oxygen atoms in total. The molecule has 1 amide bonds. The lowest BCUT2D eigenvalue weighted by Gasteiger charge is -2.39. The van der Waals surface area contributed by atoms with Gasteiger partial charge in [-0.2, -0.15) is 0 Å². The number of hydrazine groups is 1. The minimum Gasteiger partial charge on any atom is -0.359 e. The van der Waals surface area contributed by atoms with Crippen LogP contribution in [0, 0.1) is 5.92 Å². The van der Waals surface area contributed by atoms with Gasteiger partial charge in [-0.1, -0.05) is 32.0 Å². The zero-order valence-corrected chi connectivity index (χ0v) is 11.0. The number of hydrogen-bond donors (Lipinski definition) is 2. The van der Waals surface area contributed by atoms with Crippen molar-refractivity contribution in [2.75, 3.05) is 11.4 Å². The lowest BCUT2D eigenvalue weighted by atomic mass is 9.92. The van der Waals surface area contributed by atoms with E-state index in [1.807, 2.05) is 13.0 Å². The molecule has 2 rings (SSSR count). The van der Waals surface area contributed by atoms with E-state index in [0.717, 1.165) is 19.4 Å². The molecule has 0 radical (unpaired) electrons. The van der Waals surface area contributed by atoms with E-state index in [4.69, 9.17) is 5.84 Å². The van der Waals surface area contributed by atoms with Crippen molar-refractivity contribution in [1.29, 1.82) is 0 Å². The number of rotatable bonds is 3. The summed E-state index contributed by atoms with van der Waals surface area (Å²) in [5, 5.41) is 0. The fraction of sp³-hybridized carbons (Fsp3) is 0.500.